The van der Waals surface area contributed by atoms with Crippen molar-refractivity contribution in [3.63, 3.8) is 0 Å². The summed E-state index contributed by atoms with van der Waals surface area (Å²) in [5.41, 5.74) is 1.79. The number of thioether (sulfide) groups is 1. The molecule has 3 rings (SSSR count). The molecule has 1 amide bonds. The summed E-state index contributed by atoms with van der Waals surface area (Å²) in [6.45, 7) is 5.34. The number of amides is 1. The fraction of sp³-hybridized carbons (Fsp3) is 0.286. The molecule has 1 heterocycles. The zero-order valence-corrected chi connectivity index (χ0v) is 17.1. The summed E-state index contributed by atoms with van der Waals surface area (Å²) < 4.78 is 7.46. The minimum Gasteiger partial charge on any atom is -0.496 e. The van der Waals surface area contributed by atoms with E-state index in [0.717, 1.165) is 28.0 Å². The molecule has 0 N–H and O–H groups in total. The molecule has 0 aliphatic rings. The van der Waals surface area contributed by atoms with Crippen molar-refractivity contribution in [3.8, 4) is 17.1 Å². The van der Waals surface area contributed by atoms with E-state index >= 15 is 0 Å². The van der Waals surface area contributed by atoms with E-state index in [1.54, 1.807) is 12.0 Å². The number of benzene rings is 2. The lowest BCUT2D eigenvalue weighted by Gasteiger charge is -2.20. The maximum atomic E-state index is 12.8. The fourth-order valence-electron chi connectivity index (χ4n) is 3.02. The van der Waals surface area contributed by atoms with E-state index in [0.29, 0.717) is 18.8 Å². The van der Waals surface area contributed by atoms with Gasteiger partial charge in [0.15, 0.2) is 11.0 Å². The molecule has 6 nitrogen and oxygen atoms in total. The molecule has 2 aromatic carbocycles. The third-order valence-electron chi connectivity index (χ3n) is 4.39. The van der Waals surface area contributed by atoms with Crippen molar-refractivity contribution in [1.82, 2.24) is 14.8 Å². The highest BCUT2D eigenvalue weighted by molar-refractivity contribution is 7.99. The lowest BCUT2D eigenvalue weighted by atomic mass is 10.2. The van der Waals surface area contributed by atoms with Gasteiger partial charge in [0.1, 0.15) is 5.75 Å². The van der Waals surface area contributed by atoms with E-state index in [-0.39, 0.29) is 5.91 Å². The highest BCUT2D eigenvalue weighted by atomic mass is 32.2. The largest absolute Gasteiger partial charge is 0.496 e. The topological polar surface area (TPSA) is 60.3 Å². The zero-order chi connectivity index (χ0) is 19.9. The normalized spacial score (nSPS) is 10.7. The standard InChI is InChI=1S/C21H24N4O2S/c1-4-24(16-11-7-6-8-12-16)19(26)15-28-21-23-22-20(25(21)5-2)17-13-9-10-14-18(17)27-3/h6-14H,4-5,15H2,1-3H3. The Hall–Kier alpha value is -2.80. The van der Waals surface area contributed by atoms with E-state index in [2.05, 4.69) is 10.2 Å². The first kappa shape index (κ1) is 19.9. The molecule has 0 unspecified atom stereocenters. The molecule has 0 aliphatic heterocycles. The van der Waals surface area contributed by atoms with E-state index in [1.165, 1.54) is 11.8 Å². The second kappa shape index (κ2) is 9.41. The van der Waals surface area contributed by atoms with Crippen molar-refractivity contribution in [3.05, 3.63) is 54.6 Å². The van der Waals surface area contributed by atoms with Crippen LogP contribution in [0, 0.1) is 0 Å². The quantitative estimate of drug-likeness (QED) is 0.536. The fourth-order valence-corrected chi connectivity index (χ4v) is 3.90. The van der Waals surface area contributed by atoms with Crippen molar-refractivity contribution in [1.29, 1.82) is 0 Å². The Labute approximate surface area is 169 Å². The summed E-state index contributed by atoms with van der Waals surface area (Å²) >= 11 is 1.40. The van der Waals surface area contributed by atoms with Crippen LogP contribution in [-0.4, -0.2) is 40.1 Å². The number of aromatic nitrogens is 3. The van der Waals surface area contributed by atoms with Gasteiger partial charge in [0.25, 0.3) is 0 Å². The minimum atomic E-state index is 0.0446. The summed E-state index contributed by atoms with van der Waals surface area (Å²) in [6, 6.07) is 17.4. The molecule has 7 heteroatoms. The van der Waals surface area contributed by atoms with Gasteiger partial charge in [-0.25, -0.2) is 0 Å². The Kier molecular flexibility index (Phi) is 6.71. The summed E-state index contributed by atoms with van der Waals surface area (Å²) in [4.78, 5) is 14.5. The molecule has 146 valence electrons. The molecule has 0 bridgehead atoms. The number of ether oxygens (including phenoxy) is 1. The van der Waals surface area contributed by atoms with Gasteiger partial charge in [0.05, 0.1) is 18.4 Å². The maximum Gasteiger partial charge on any atom is 0.237 e. The summed E-state index contributed by atoms with van der Waals surface area (Å²) in [5.74, 6) is 1.83. The van der Waals surface area contributed by atoms with Gasteiger partial charge in [0.2, 0.25) is 5.91 Å². The van der Waals surface area contributed by atoms with Crippen LogP contribution < -0.4 is 9.64 Å². The monoisotopic (exact) mass is 396 g/mol. The number of methoxy groups -OCH3 is 1. The Morgan fingerprint density at radius 3 is 2.46 bits per heavy atom. The molecule has 0 saturated heterocycles. The predicted octanol–water partition coefficient (Wildman–Crippen LogP) is 4.12. The van der Waals surface area contributed by atoms with Gasteiger partial charge in [-0.15, -0.1) is 10.2 Å². The molecule has 0 radical (unpaired) electrons. The van der Waals surface area contributed by atoms with Crippen LogP contribution in [0.2, 0.25) is 0 Å². The molecule has 0 fully saturated rings. The Balaban J connectivity index is 1.78. The first-order chi connectivity index (χ1) is 13.7. The molecule has 0 atom stereocenters. The molecule has 3 aromatic rings. The number of rotatable bonds is 8. The SMILES string of the molecule is CCN(C(=O)CSc1nnc(-c2ccccc2OC)n1CC)c1ccccc1. The van der Waals surface area contributed by atoms with Gasteiger partial charge in [-0.3, -0.25) is 4.79 Å². The van der Waals surface area contributed by atoms with E-state index < -0.39 is 0 Å². The minimum absolute atomic E-state index is 0.0446. The number of anilines is 1. The second-order valence-corrected chi connectivity index (χ2v) is 6.96. The van der Waals surface area contributed by atoms with Crippen LogP contribution in [0.1, 0.15) is 13.8 Å². The molecular weight excluding hydrogens is 372 g/mol. The van der Waals surface area contributed by atoms with Crippen LogP contribution in [0.15, 0.2) is 59.8 Å². The second-order valence-electron chi connectivity index (χ2n) is 6.01. The van der Waals surface area contributed by atoms with Crippen LogP contribution in [0.3, 0.4) is 0 Å². The Morgan fingerprint density at radius 2 is 1.79 bits per heavy atom. The van der Waals surface area contributed by atoms with Gasteiger partial charge < -0.3 is 14.2 Å². The summed E-state index contributed by atoms with van der Waals surface area (Å²) in [6.07, 6.45) is 0. The van der Waals surface area contributed by atoms with Crippen molar-refractivity contribution >= 4 is 23.4 Å². The molecule has 1 aromatic heterocycles. The lowest BCUT2D eigenvalue weighted by molar-refractivity contribution is -0.116. The van der Waals surface area contributed by atoms with Crippen LogP contribution in [-0.2, 0) is 11.3 Å². The Bertz CT molecular complexity index is 927. The predicted molar refractivity (Wildman–Crippen MR) is 113 cm³/mol. The van der Waals surface area contributed by atoms with Crippen molar-refractivity contribution < 1.29 is 9.53 Å². The molecule has 28 heavy (non-hydrogen) atoms. The van der Waals surface area contributed by atoms with E-state index in [1.807, 2.05) is 73.0 Å². The number of carbonyl (C=O) groups is 1. The summed E-state index contributed by atoms with van der Waals surface area (Å²) in [7, 11) is 1.64. The van der Waals surface area contributed by atoms with Gasteiger partial charge in [0, 0.05) is 18.8 Å². The molecule has 0 spiro atoms. The molecule has 0 saturated carbocycles. The highest BCUT2D eigenvalue weighted by Gasteiger charge is 2.19. The number of nitrogens with zero attached hydrogens (tertiary/aromatic N) is 4. The number of hydrogen-bond donors (Lipinski definition) is 0. The van der Waals surface area contributed by atoms with Gasteiger partial charge in [-0.2, -0.15) is 0 Å². The third kappa shape index (κ3) is 4.20. The molecular formula is C21H24N4O2S. The van der Waals surface area contributed by atoms with Crippen molar-refractivity contribution in [2.75, 3.05) is 24.3 Å². The smallest absolute Gasteiger partial charge is 0.237 e. The van der Waals surface area contributed by atoms with Gasteiger partial charge >= 0.3 is 0 Å². The first-order valence-electron chi connectivity index (χ1n) is 9.24. The van der Waals surface area contributed by atoms with Gasteiger partial charge in [-0.1, -0.05) is 42.1 Å². The third-order valence-corrected chi connectivity index (χ3v) is 5.34. The number of para-hydroxylation sites is 2. The Morgan fingerprint density at radius 1 is 1.07 bits per heavy atom. The van der Waals surface area contributed by atoms with Gasteiger partial charge in [-0.05, 0) is 38.1 Å². The summed E-state index contributed by atoms with van der Waals surface area (Å²) in [5, 5.41) is 9.40. The van der Waals surface area contributed by atoms with Crippen LogP contribution in [0.5, 0.6) is 5.75 Å². The van der Waals surface area contributed by atoms with Crippen LogP contribution >= 0.6 is 11.8 Å². The van der Waals surface area contributed by atoms with Crippen molar-refractivity contribution in [2.45, 2.75) is 25.5 Å². The first-order valence-corrected chi connectivity index (χ1v) is 10.2. The number of hydrogen-bond acceptors (Lipinski definition) is 5. The average Bonchev–Trinajstić information content (AvgIpc) is 3.16. The van der Waals surface area contributed by atoms with E-state index in [9.17, 15) is 4.79 Å². The highest BCUT2D eigenvalue weighted by Crippen LogP contribution is 2.31. The van der Waals surface area contributed by atoms with Crippen LogP contribution in [0.4, 0.5) is 5.69 Å². The number of carbonyl (C=O) groups excluding carboxylic acids is 1. The van der Waals surface area contributed by atoms with Crippen molar-refractivity contribution in [2.24, 2.45) is 0 Å². The average molecular weight is 397 g/mol. The van der Waals surface area contributed by atoms with Crippen LogP contribution in [0.25, 0.3) is 11.4 Å². The maximum absolute atomic E-state index is 12.8. The van der Waals surface area contributed by atoms with E-state index in [4.69, 9.17) is 4.74 Å². The zero-order valence-electron chi connectivity index (χ0n) is 16.3. The molecule has 0 aliphatic carbocycles. The lowest BCUT2D eigenvalue weighted by Crippen LogP contribution is -2.32.